The SMILES string of the molecule is CC(C)(C)OC(=O)N1CCCC1CNc1c(Cl)cc(F)cc1Cl. The van der Waals surface area contributed by atoms with Gasteiger partial charge in [0.15, 0.2) is 0 Å². The normalized spacial score (nSPS) is 18.2. The number of amides is 1. The van der Waals surface area contributed by atoms with Crippen molar-refractivity contribution >= 4 is 35.0 Å². The van der Waals surface area contributed by atoms with Crippen molar-refractivity contribution in [2.45, 2.75) is 45.3 Å². The lowest BCUT2D eigenvalue weighted by Crippen LogP contribution is -2.42. The quantitative estimate of drug-likeness (QED) is 0.827. The maximum absolute atomic E-state index is 13.2. The molecule has 1 amide bonds. The largest absolute Gasteiger partial charge is 0.444 e. The summed E-state index contributed by atoms with van der Waals surface area (Å²) in [5.74, 6) is -0.484. The average Bonchev–Trinajstić information content (AvgIpc) is 2.83. The lowest BCUT2D eigenvalue weighted by Gasteiger charge is -2.29. The summed E-state index contributed by atoms with van der Waals surface area (Å²) in [6.45, 7) is 6.65. The summed E-state index contributed by atoms with van der Waals surface area (Å²) < 4.78 is 18.6. The Morgan fingerprint density at radius 1 is 1.39 bits per heavy atom. The summed E-state index contributed by atoms with van der Waals surface area (Å²) in [6, 6.07) is 2.40. The second kappa shape index (κ2) is 7.14. The molecule has 0 bridgehead atoms. The number of hydrogen-bond acceptors (Lipinski definition) is 3. The number of hydrogen-bond donors (Lipinski definition) is 1. The Morgan fingerprint density at radius 3 is 2.57 bits per heavy atom. The van der Waals surface area contributed by atoms with Crippen molar-refractivity contribution in [2.75, 3.05) is 18.4 Å². The predicted octanol–water partition coefficient (Wildman–Crippen LogP) is 4.94. The van der Waals surface area contributed by atoms with Crippen LogP contribution in [0, 0.1) is 5.82 Å². The molecule has 0 aromatic heterocycles. The Balaban J connectivity index is 2.01. The van der Waals surface area contributed by atoms with Crippen LogP contribution >= 0.6 is 23.2 Å². The molecule has 0 radical (unpaired) electrons. The Hall–Kier alpha value is -1.20. The minimum absolute atomic E-state index is 0.0120. The molecule has 0 aliphatic carbocycles. The number of rotatable bonds is 3. The van der Waals surface area contributed by atoms with Gasteiger partial charge in [-0.25, -0.2) is 9.18 Å². The molecule has 1 aromatic rings. The number of nitrogens with one attached hydrogen (secondary N) is 1. The van der Waals surface area contributed by atoms with Crippen LogP contribution in [0.1, 0.15) is 33.6 Å². The number of nitrogens with zero attached hydrogens (tertiary/aromatic N) is 1. The Bertz CT molecular complexity index is 567. The van der Waals surface area contributed by atoms with Gasteiger partial charge in [-0.15, -0.1) is 0 Å². The highest BCUT2D eigenvalue weighted by Gasteiger charge is 2.32. The van der Waals surface area contributed by atoms with E-state index >= 15 is 0 Å². The molecule has 7 heteroatoms. The van der Waals surface area contributed by atoms with Crippen LogP contribution < -0.4 is 5.32 Å². The summed E-state index contributed by atoms with van der Waals surface area (Å²) in [5, 5.41) is 3.56. The van der Waals surface area contributed by atoms with E-state index in [-0.39, 0.29) is 22.2 Å². The van der Waals surface area contributed by atoms with Crippen molar-refractivity contribution < 1.29 is 13.9 Å². The molecular formula is C16H21Cl2FN2O2. The fraction of sp³-hybridized carbons (Fsp3) is 0.562. The van der Waals surface area contributed by atoms with Crippen LogP contribution in [-0.4, -0.2) is 35.7 Å². The van der Waals surface area contributed by atoms with Gasteiger partial charge >= 0.3 is 6.09 Å². The van der Waals surface area contributed by atoms with Gasteiger partial charge in [0.2, 0.25) is 0 Å². The first-order chi connectivity index (χ1) is 10.7. The summed E-state index contributed by atoms with van der Waals surface area (Å²) in [4.78, 5) is 13.9. The molecule has 1 saturated heterocycles. The van der Waals surface area contributed by atoms with Gasteiger partial charge in [-0.2, -0.15) is 0 Å². The average molecular weight is 363 g/mol. The summed E-state index contributed by atoms with van der Waals surface area (Å²) in [7, 11) is 0. The molecule has 1 N–H and O–H groups in total. The fourth-order valence-corrected chi connectivity index (χ4v) is 3.13. The summed E-state index contributed by atoms with van der Waals surface area (Å²) in [5.41, 5.74) is -0.0490. The molecule has 1 aliphatic heterocycles. The fourth-order valence-electron chi connectivity index (χ4n) is 2.54. The highest BCUT2D eigenvalue weighted by atomic mass is 35.5. The van der Waals surface area contributed by atoms with Gasteiger partial charge in [0.05, 0.1) is 21.8 Å². The van der Waals surface area contributed by atoms with Crippen LogP contribution in [0.5, 0.6) is 0 Å². The van der Waals surface area contributed by atoms with E-state index in [4.69, 9.17) is 27.9 Å². The zero-order valence-electron chi connectivity index (χ0n) is 13.5. The van der Waals surface area contributed by atoms with Gasteiger partial charge in [-0.3, -0.25) is 0 Å². The number of carbonyl (C=O) groups excluding carboxylic acids is 1. The molecule has 128 valence electrons. The van der Waals surface area contributed by atoms with Crippen LogP contribution in [0.3, 0.4) is 0 Å². The zero-order valence-corrected chi connectivity index (χ0v) is 15.0. The lowest BCUT2D eigenvalue weighted by atomic mass is 10.2. The maximum Gasteiger partial charge on any atom is 0.410 e. The van der Waals surface area contributed by atoms with Gasteiger partial charge in [-0.05, 0) is 45.7 Å². The van der Waals surface area contributed by atoms with E-state index in [0.717, 1.165) is 12.8 Å². The first kappa shape index (κ1) is 18.1. The van der Waals surface area contributed by atoms with E-state index in [0.29, 0.717) is 18.8 Å². The molecule has 23 heavy (non-hydrogen) atoms. The van der Waals surface area contributed by atoms with Gasteiger partial charge in [0, 0.05) is 13.1 Å². The highest BCUT2D eigenvalue weighted by molar-refractivity contribution is 6.39. The zero-order chi connectivity index (χ0) is 17.2. The van der Waals surface area contributed by atoms with Gasteiger partial charge in [0.25, 0.3) is 0 Å². The number of likely N-dealkylation sites (tertiary alicyclic amines) is 1. The van der Waals surface area contributed by atoms with Crippen molar-refractivity contribution in [1.82, 2.24) is 4.90 Å². The molecule has 2 rings (SSSR count). The van der Waals surface area contributed by atoms with Crippen LogP contribution in [0.15, 0.2) is 12.1 Å². The van der Waals surface area contributed by atoms with Crippen molar-refractivity contribution in [1.29, 1.82) is 0 Å². The smallest absolute Gasteiger partial charge is 0.410 e. The standard InChI is InChI=1S/C16H21Cl2FN2O2/c1-16(2,3)23-15(22)21-6-4-5-11(21)9-20-14-12(17)7-10(19)8-13(14)18/h7-8,11,20H,4-6,9H2,1-3H3. The van der Waals surface area contributed by atoms with E-state index in [1.807, 2.05) is 20.8 Å². The van der Waals surface area contributed by atoms with Crippen LogP contribution in [-0.2, 0) is 4.74 Å². The lowest BCUT2D eigenvalue weighted by molar-refractivity contribution is 0.0235. The molecular weight excluding hydrogens is 342 g/mol. The monoisotopic (exact) mass is 362 g/mol. The van der Waals surface area contributed by atoms with Gasteiger partial charge in [-0.1, -0.05) is 23.2 Å². The Kier molecular flexibility index (Phi) is 5.63. The highest BCUT2D eigenvalue weighted by Crippen LogP contribution is 2.32. The van der Waals surface area contributed by atoms with Crippen LogP contribution in [0.2, 0.25) is 10.0 Å². The third kappa shape index (κ3) is 4.88. The van der Waals surface area contributed by atoms with Gasteiger partial charge in [0.1, 0.15) is 11.4 Å². The number of benzene rings is 1. The Morgan fingerprint density at radius 2 is 2.00 bits per heavy atom. The second-order valence-corrected chi connectivity index (χ2v) is 7.41. The summed E-state index contributed by atoms with van der Waals surface area (Å²) >= 11 is 12.0. The number of carbonyl (C=O) groups is 1. The summed E-state index contributed by atoms with van der Waals surface area (Å²) in [6.07, 6.45) is 1.46. The van der Waals surface area contributed by atoms with E-state index < -0.39 is 11.4 Å². The first-order valence-corrected chi connectivity index (χ1v) is 8.31. The van der Waals surface area contributed by atoms with Crippen molar-refractivity contribution in [3.05, 3.63) is 28.0 Å². The number of anilines is 1. The number of halogens is 3. The minimum atomic E-state index is -0.527. The maximum atomic E-state index is 13.2. The third-order valence-corrected chi connectivity index (χ3v) is 4.12. The van der Waals surface area contributed by atoms with Crippen molar-refractivity contribution in [2.24, 2.45) is 0 Å². The molecule has 0 spiro atoms. The van der Waals surface area contributed by atoms with E-state index in [2.05, 4.69) is 5.32 Å². The van der Waals surface area contributed by atoms with Crippen LogP contribution in [0.25, 0.3) is 0 Å². The molecule has 1 heterocycles. The van der Waals surface area contributed by atoms with Crippen LogP contribution in [0.4, 0.5) is 14.9 Å². The molecule has 1 aliphatic rings. The molecule has 4 nitrogen and oxygen atoms in total. The van der Waals surface area contributed by atoms with Crippen molar-refractivity contribution in [3.63, 3.8) is 0 Å². The second-order valence-electron chi connectivity index (χ2n) is 6.60. The van der Waals surface area contributed by atoms with Crippen molar-refractivity contribution in [3.8, 4) is 0 Å². The molecule has 1 fully saturated rings. The first-order valence-electron chi connectivity index (χ1n) is 7.55. The molecule has 1 atom stereocenters. The predicted molar refractivity (Wildman–Crippen MR) is 90.9 cm³/mol. The Labute approximate surface area is 145 Å². The van der Waals surface area contributed by atoms with E-state index in [9.17, 15) is 9.18 Å². The molecule has 1 unspecified atom stereocenters. The van der Waals surface area contributed by atoms with Gasteiger partial charge < -0.3 is 15.0 Å². The number of ether oxygens (including phenoxy) is 1. The topological polar surface area (TPSA) is 41.6 Å². The minimum Gasteiger partial charge on any atom is -0.444 e. The van der Waals surface area contributed by atoms with E-state index in [1.54, 1.807) is 4.90 Å². The molecule has 0 saturated carbocycles. The molecule has 1 aromatic carbocycles. The van der Waals surface area contributed by atoms with E-state index in [1.165, 1.54) is 12.1 Å². The third-order valence-electron chi connectivity index (χ3n) is 3.53.